The van der Waals surface area contributed by atoms with Crippen LogP contribution in [0.2, 0.25) is 0 Å². The Morgan fingerprint density at radius 2 is 2.17 bits per heavy atom. The van der Waals surface area contributed by atoms with Crippen LogP contribution in [-0.2, 0) is 6.54 Å². The van der Waals surface area contributed by atoms with Gasteiger partial charge >= 0.3 is 0 Å². The third-order valence-electron chi connectivity index (χ3n) is 2.26. The lowest BCUT2D eigenvalue weighted by Crippen LogP contribution is -2.14. The molecule has 2 rings (SSSR count). The highest BCUT2D eigenvalue weighted by Gasteiger charge is 2.07. The summed E-state index contributed by atoms with van der Waals surface area (Å²) in [6, 6.07) is 6.81. The number of rotatable bonds is 3. The van der Waals surface area contributed by atoms with Crippen LogP contribution in [0.25, 0.3) is 0 Å². The lowest BCUT2D eigenvalue weighted by atomic mass is 10.2. The summed E-state index contributed by atoms with van der Waals surface area (Å²) in [5, 5.41) is 2.70. The predicted molar refractivity (Wildman–Crippen MR) is 72.0 cm³/mol. The monoisotopic (exact) mass is 306 g/mol. The molecule has 0 spiro atoms. The van der Waals surface area contributed by atoms with E-state index < -0.39 is 0 Å². The highest BCUT2D eigenvalue weighted by Crippen LogP contribution is 2.11. The molecule has 6 heteroatoms. The van der Waals surface area contributed by atoms with Crippen molar-refractivity contribution in [2.75, 3.05) is 5.32 Å². The van der Waals surface area contributed by atoms with Crippen molar-refractivity contribution >= 4 is 27.7 Å². The number of nitrogens with one attached hydrogen (secondary N) is 1. The Kier molecular flexibility index (Phi) is 4.01. The Bertz CT molecular complexity index is 556. The fraction of sp³-hybridized carbons (Fsp3) is 0.0833. The molecule has 0 fully saturated rings. The zero-order chi connectivity index (χ0) is 13.0. The molecule has 1 amide bonds. The second-order valence-corrected chi connectivity index (χ2v) is 4.47. The summed E-state index contributed by atoms with van der Waals surface area (Å²) in [6.07, 6.45) is 3.18. The summed E-state index contributed by atoms with van der Waals surface area (Å²) < 4.78 is 0.856. The van der Waals surface area contributed by atoms with Gasteiger partial charge in [0.05, 0.1) is 5.69 Å². The Labute approximate surface area is 113 Å². The van der Waals surface area contributed by atoms with Crippen LogP contribution in [0.5, 0.6) is 0 Å². The average molecular weight is 307 g/mol. The van der Waals surface area contributed by atoms with Crippen molar-refractivity contribution in [3.05, 3.63) is 52.4 Å². The molecular formula is C12H11BrN4O. The van der Waals surface area contributed by atoms with E-state index in [9.17, 15) is 4.79 Å². The first-order chi connectivity index (χ1) is 8.69. The minimum absolute atomic E-state index is 0.234. The van der Waals surface area contributed by atoms with Gasteiger partial charge in [0.25, 0.3) is 5.91 Å². The van der Waals surface area contributed by atoms with Crippen LogP contribution < -0.4 is 11.1 Å². The molecule has 0 aliphatic carbocycles. The van der Waals surface area contributed by atoms with Gasteiger partial charge in [-0.25, -0.2) is 4.98 Å². The molecule has 0 aromatic carbocycles. The van der Waals surface area contributed by atoms with Gasteiger partial charge in [-0.2, -0.15) is 0 Å². The van der Waals surface area contributed by atoms with Crippen LogP contribution in [0.1, 0.15) is 16.1 Å². The number of pyridine rings is 2. The van der Waals surface area contributed by atoms with E-state index in [0.717, 1.165) is 4.47 Å². The van der Waals surface area contributed by atoms with E-state index in [4.69, 9.17) is 5.73 Å². The third kappa shape index (κ3) is 3.12. The molecule has 18 heavy (non-hydrogen) atoms. The number of carbonyl (C=O) groups is 1. The fourth-order valence-electron chi connectivity index (χ4n) is 1.37. The normalized spacial score (nSPS) is 10.1. The fourth-order valence-corrected chi connectivity index (χ4v) is 1.60. The lowest BCUT2D eigenvalue weighted by molar-refractivity contribution is 0.102. The van der Waals surface area contributed by atoms with Crippen LogP contribution in [-0.4, -0.2) is 15.9 Å². The van der Waals surface area contributed by atoms with Crippen LogP contribution in [0.15, 0.2) is 41.1 Å². The van der Waals surface area contributed by atoms with E-state index in [-0.39, 0.29) is 5.91 Å². The van der Waals surface area contributed by atoms with Crippen molar-refractivity contribution in [3.8, 4) is 0 Å². The first-order valence-electron chi connectivity index (χ1n) is 5.27. The predicted octanol–water partition coefficient (Wildman–Crippen LogP) is 1.95. The zero-order valence-electron chi connectivity index (χ0n) is 9.43. The van der Waals surface area contributed by atoms with Crippen molar-refractivity contribution in [3.63, 3.8) is 0 Å². The number of halogens is 1. The Hall–Kier alpha value is -1.79. The van der Waals surface area contributed by atoms with Gasteiger partial charge in [-0.15, -0.1) is 0 Å². The van der Waals surface area contributed by atoms with Gasteiger partial charge in [-0.1, -0.05) is 0 Å². The molecule has 92 valence electrons. The summed E-state index contributed by atoms with van der Waals surface area (Å²) in [5.41, 5.74) is 6.66. The van der Waals surface area contributed by atoms with Crippen molar-refractivity contribution in [1.82, 2.24) is 9.97 Å². The Morgan fingerprint density at radius 3 is 2.83 bits per heavy atom. The largest absolute Gasteiger partial charge is 0.325 e. The Balaban J connectivity index is 2.14. The smallest absolute Gasteiger partial charge is 0.256 e. The van der Waals surface area contributed by atoms with Crippen LogP contribution >= 0.6 is 15.9 Å². The number of anilines is 1. The van der Waals surface area contributed by atoms with Crippen molar-refractivity contribution < 1.29 is 4.79 Å². The van der Waals surface area contributed by atoms with Crippen LogP contribution in [0, 0.1) is 0 Å². The number of nitrogens with zero attached hydrogens (tertiary/aromatic N) is 2. The van der Waals surface area contributed by atoms with Crippen LogP contribution in [0.3, 0.4) is 0 Å². The molecule has 3 N–H and O–H groups in total. The summed E-state index contributed by atoms with van der Waals surface area (Å²) in [7, 11) is 0. The van der Waals surface area contributed by atoms with Crippen LogP contribution in [0.4, 0.5) is 5.82 Å². The maximum absolute atomic E-state index is 11.9. The topological polar surface area (TPSA) is 80.9 Å². The molecule has 0 saturated carbocycles. The maximum Gasteiger partial charge on any atom is 0.256 e. The number of carbonyl (C=O) groups excluding carboxylic acids is 1. The second kappa shape index (κ2) is 5.70. The number of hydrogen-bond acceptors (Lipinski definition) is 4. The summed E-state index contributed by atoms with van der Waals surface area (Å²) in [4.78, 5) is 20.0. The van der Waals surface area contributed by atoms with E-state index in [1.54, 1.807) is 36.7 Å². The van der Waals surface area contributed by atoms with Crippen molar-refractivity contribution in [2.24, 2.45) is 5.73 Å². The van der Waals surface area contributed by atoms with Gasteiger partial charge in [-0.3, -0.25) is 9.78 Å². The van der Waals surface area contributed by atoms with Crippen molar-refractivity contribution in [2.45, 2.75) is 6.54 Å². The third-order valence-corrected chi connectivity index (χ3v) is 2.73. The molecule has 0 aliphatic rings. The average Bonchev–Trinajstić information content (AvgIpc) is 2.41. The van der Waals surface area contributed by atoms with E-state index in [0.29, 0.717) is 23.6 Å². The van der Waals surface area contributed by atoms with E-state index in [1.165, 1.54) is 0 Å². The second-order valence-electron chi connectivity index (χ2n) is 3.56. The number of hydrogen-bond donors (Lipinski definition) is 2. The molecule has 2 aromatic heterocycles. The van der Waals surface area contributed by atoms with Gasteiger partial charge in [0.2, 0.25) is 0 Å². The number of amides is 1. The molecule has 2 heterocycles. The molecule has 2 aromatic rings. The molecule has 0 bridgehead atoms. The molecule has 0 saturated heterocycles. The van der Waals surface area contributed by atoms with Gasteiger partial charge in [0, 0.05) is 29.0 Å². The molecule has 0 atom stereocenters. The Morgan fingerprint density at radius 1 is 1.33 bits per heavy atom. The maximum atomic E-state index is 11.9. The van der Waals surface area contributed by atoms with Gasteiger partial charge < -0.3 is 11.1 Å². The summed E-state index contributed by atoms with van der Waals surface area (Å²) in [5.74, 6) is 0.260. The molecule has 5 nitrogen and oxygen atoms in total. The summed E-state index contributed by atoms with van der Waals surface area (Å²) >= 11 is 3.28. The quantitative estimate of drug-likeness (QED) is 0.908. The first-order valence-corrected chi connectivity index (χ1v) is 6.06. The number of nitrogens with two attached hydrogens (primary N) is 1. The summed E-state index contributed by atoms with van der Waals surface area (Å²) in [6.45, 7) is 0.303. The molecule has 0 radical (unpaired) electrons. The van der Waals surface area contributed by atoms with Gasteiger partial charge in [0.15, 0.2) is 0 Å². The van der Waals surface area contributed by atoms with E-state index in [1.807, 2.05) is 0 Å². The minimum atomic E-state index is -0.234. The standard InChI is InChI=1S/C12H11BrN4O/c13-9-1-2-11(16-7-9)17-12(18)8-3-4-15-10(5-8)6-14/h1-5,7H,6,14H2,(H,16,17,18). The first kappa shape index (κ1) is 12.7. The van der Waals surface area contributed by atoms with Crippen molar-refractivity contribution in [1.29, 1.82) is 0 Å². The lowest BCUT2D eigenvalue weighted by Gasteiger charge is -2.05. The molecule has 0 aliphatic heterocycles. The molecular weight excluding hydrogens is 296 g/mol. The number of aromatic nitrogens is 2. The highest BCUT2D eigenvalue weighted by atomic mass is 79.9. The minimum Gasteiger partial charge on any atom is -0.325 e. The van der Waals surface area contributed by atoms with E-state index in [2.05, 4.69) is 31.2 Å². The van der Waals surface area contributed by atoms with Gasteiger partial charge in [-0.05, 0) is 40.2 Å². The van der Waals surface area contributed by atoms with Gasteiger partial charge in [0.1, 0.15) is 5.82 Å². The molecule has 0 unspecified atom stereocenters. The highest BCUT2D eigenvalue weighted by molar-refractivity contribution is 9.10. The SMILES string of the molecule is NCc1cc(C(=O)Nc2ccc(Br)cn2)ccn1. The van der Waals surface area contributed by atoms with E-state index >= 15 is 0 Å². The zero-order valence-corrected chi connectivity index (χ0v) is 11.0.